The van der Waals surface area contributed by atoms with Crippen LogP contribution in [0.2, 0.25) is 0 Å². The number of nitrogens with zero attached hydrogens (tertiary/aromatic N) is 1. The van der Waals surface area contributed by atoms with Crippen LogP contribution in [0.1, 0.15) is 32.6 Å². The summed E-state index contributed by atoms with van der Waals surface area (Å²) in [4.78, 5) is 20.7. The van der Waals surface area contributed by atoms with Crippen LogP contribution in [0.3, 0.4) is 0 Å². The van der Waals surface area contributed by atoms with Gasteiger partial charge in [0.2, 0.25) is 0 Å². The average molecular weight is 355 g/mol. The molecule has 6 nitrogen and oxygen atoms in total. The number of carbonyl (C=O) groups is 2. The average Bonchev–Trinajstić information content (AvgIpc) is 2.57. The number of unbranched alkanes of at least 4 members (excludes halogenated alkanes) is 1. The lowest BCUT2D eigenvalue weighted by Gasteiger charge is -2.30. The van der Waals surface area contributed by atoms with Crippen LogP contribution in [-0.2, 0) is 9.59 Å². The number of ether oxygens (including phenoxy) is 1. The largest absolute Gasteiger partial charge is 0.491 e. The van der Waals surface area contributed by atoms with E-state index < -0.39 is 11.9 Å². The molecule has 1 fully saturated rings. The predicted molar refractivity (Wildman–Crippen MR) is 91.2 cm³/mol. The molecule has 2 rings (SSSR count). The highest BCUT2D eigenvalue weighted by Gasteiger charge is 2.15. The Morgan fingerprint density at radius 3 is 2.52 bits per heavy atom. The van der Waals surface area contributed by atoms with Crippen LogP contribution < -0.4 is 4.74 Å². The highest BCUT2D eigenvalue weighted by atomic mass is 19.1. The molecule has 1 aromatic carbocycles. The Hall–Kier alpha value is -2.15. The van der Waals surface area contributed by atoms with Gasteiger partial charge in [-0.3, -0.25) is 0 Å². The van der Waals surface area contributed by atoms with Gasteiger partial charge in [0.1, 0.15) is 0 Å². The molecule has 1 aliphatic rings. The number of carboxylic acid groups (broad SMARTS) is 2. The molecule has 0 amide bonds. The molecule has 0 bridgehead atoms. The van der Waals surface area contributed by atoms with Crippen LogP contribution in [0.25, 0.3) is 0 Å². The van der Waals surface area contributed by atoms with E-state index in [1.807, 2.05) is 0 Å². The van der Waals surface area contributed by atoms with Crippen LogP contribution in [-0.4, -0.2) is 53.3 Å². The highest BCUT2D eigenvalue weighted by molar-refractivity contribution is 6.27. The molecule has 1 heterocycles. The van der Waals surface area contributed by atoms with E-state index in [-0.39, 0.29) is 5.82 Å². The zero-order chi connectivity index (χ0) is 18.7. The Morgan fingerprint density at radius 1 is 1.24 bits per heavy atom. The van der Waals surface area contributed by atoms with E-state index in [1.54, 1.807) is 18.2 Å². The number of para-hydroxylation sites is 1. The number of hydrogen-bond donors (Lipinski definition) is 2. The zero-order valence-corrected chi connectivity index (χ0v) is 14.5. The van der Waals surface area contributed by atoms with Crippen molar-refractivity contribution in [2.45, 2.75) is 32.6 Å². The van der Waals surface area contributed by atoms with Gasteiger partial charge < -0.3 is 19.8 Å². The van der Waals surface area contributed by atoms with Gasteiger partial charge in [0.05, 0.1) is 6.61 Å². The lowest BCUT2D eigenvalue weighted by Crippen LogP contribution is -2.35. The Kier molecular flexibility index (Phi) is 9.54. The van der Waals surface area contributed by atoms with Gasteiger partial charge in [0.15, 0.2) is 11.6 Å². The number of carboxylic acids is 2. The van der Waals surface area contributed by atoms with E-state index in [9.17, 15) is 4.39 Å². The quantitative estimate of drug-likeness (QED) is 0.603. The van der Waals surface area contributed by atoms with Gasteiger partial charge in [-0.2, -0.15) is 0 Å². The SMILES string of the molecule is CC1CCCN(CCCCOc2ccccc2F)C1.O=C(O)C(=O)O. The summed E-state index contributed by atoms with van der Waals surface area (Å²) < 4.78 is 18.8. The third-order valence-electron chi connectivity index (χ3n) is 3.89. The molecule has 140 valence electrons. The van der Waals surface area contributed by atoms with Crippen LogP contribution in [0, 0.1) is 11.7 Å². The first kappa shape index (κ1) is 20.9. The number of benzene rings is 1. The number of hydrogen-bond acceptors (Lipinski definition) is 4. The van der Waals surface area contributed by atoms with Crippen molar-refractivity contribution >= 4 is 11.9 Å². The maximum Gasteiger partial charge on any atom is 0.414 e. The van der Waals surface area contributed by atoms with E-state index in [2.05, 4.69) is 11.8 Å². The molecule has 1 unspecified atom stereocenters. The van der Waals surface area contributed by atoms with E-state index in [1.165, 1.54) is 32.0 Å². The van der Waals surface area contributed by atoms with Crippen molar-refractivity contribution in [2.75, 3.05) is 26.2 Å². The Labute approximate surface area is 147 Å². The molecule has 0 aliphatic carbocycles. The predicted octanol–water partition coefficient (Wildman–Crippen LogP) is 2.87. The summed E-state index contributed by atoms with van der Waals surface area (Å²) in [7, 11) is 0. The zero-order valence-electron chi connectivity index (χ0n) is 14.5. The molecule has 7 heteroatoms. The minimum absolute atomic E-state index is 0.271. The second-order valence-electron chi connectivity index (χ2n) is 6.14. The van der Waals surface area contributed by atoms with Crippen molar-refractivity contribution in [3.05, 3.63) is 30.1 Å². The summed E-state index contributed by atoms with van der Waals surface area (Å²) in [5.41, 5.74) is 0. The van der Waals surface area contributed by atoms with Crippen molar-refractivity contribution in [3.63, 3.8) is 0 Å². The smallest absolute Gasteiger partial charge is 0.414 e. The molecule has 1 saturated heterocycles. The fourth-order valence-corrected chi connectivity index (χ4v) is 2.67. The van der Waals surface area contributed by atoms with Crippen LogP contribution in [0.5, 0.6) is 5.75 Å². The summed E-state index contributed by atoms with van der Waals surface area (Å²) >= 11 is 0. The van der Waals surface area contributed by atoms with E-state index in [0.29, 0.717) is 12.4 Å². The monoisotopic (exact) mass is 355 g/mol. The first-order valence-electron chi connectivity index (χ1n) is 8.46. The van der Waals surface area contributed by atoms with Crippen molar-refractivity contribution in [3.8, 4) is 5.75 Å². The number of halogens is 1. The van der Waals surface area contributed by atoms with Gasteiger partial charge in [0, 0.05) is 6.54 Å². The summed E-state index contributed by atoms with van der Waals surface area (Å²) in [6, 6.07) is 6.60. The minimum Gasteiger partial charge on any atom is -0.491 e. The van der Waals surface area contributed by atoms with Gasteiger partial charge in [0.25, 0.3) is 0 Å². The number of piperidine rings is 1. The molecule has 1 aromatic rings. The van der Waals surface area contributed by atoms with Gasteiger partial charge >= 0.3 is 11.9 Å². The Balaban J connectivity index is 0.000000450. The summed E-state index contributed by atoms with van der Waals surface area (Å²) in [5, 5.41) is 14.8. The van der Waals surface area contributed by atoms with E-state index >= 15 is 0 Å². The summed E-state index contributed by atoms with van der Waals surface area (Å²) in [5.74, 6) is -2.71. The van der Waals surface area contributed by atoms with Crippen molar-refractivity contribution < 1.29 is 28.9 Å². The second-order valence-corrected chi connectivity index (χ2v) is 6.14. The maximum atomic E-state index is 13.3. The van der Waals surface area contributed by atoms with Crippen molar-refractivity contribution in [2.24, 2.45) is 5.92 Å². The molecule has 1 atom stereocenters. The number of rotatable bonds is 6. The third kappa shape index (κ3) is 9.05. The standard InChI is InChI=1S/C16H24FNO.C2H2O4/c1-14-7-6-11-18(13-14)10-4-5-12-19-16-9-3-2-8-15(16)17;3-1(4)2(5)6/h2-3,8-9,14H,4-7,10-13H2,1H3;(H,3,4)(H,5,6). The molecular formula is C18H26FNO5. The molecule has 1 aliphatic heterocycles. The molecule has 0 aromatic heterocycles. The van der Waals surface area contributed by atoms with Crippen molar-refractivity contribution in [1.82, 2.24) is 4.90 Å². The maximum absolute atomic E-state index is 13.3. The summed E-state index contributed by atoms with van der Waals surface area (Å²) in [6.07, 6.45) is 4.81. The van der Waals surface area contributed by atoms with Gasteiger partial charge in [-0.25, -0.2) is 14.0 Å². The van der Waals surface area contributed by atoms with E-state index in [0.717, 1.165) is 25.3 Å². The topological polar surface area (TPSA) is 87.1 Å². The molecule has 2 N–H and O–H groups in total. The Morgan fingerprint density at radius 2 is 1.92 bits per heavy atom. The molecule has 0 spiro atoms. The van der Waals surface area contributed by atoms with E-state index in [4.69, 9.17) is 24.5 Å². The number of aliphatic carboxylic acids is 2. The highest BCUT2D eigenvalue weighted by Crippen LogP contribution is 2.17. The molecule has 25 heavy (non-hydrogen) atoms. The fourth-order valence-electron chi connectivity index (χ4n) is 2.67. The third-order valence-corrected chi connectivity index (χ3v) is 3.89. The Bertz CT molecular complexity index is 540. The normalized spacial score (nSPS) is 17.3. The molecule has 0 radical (unpaired) electrons. The van der Waals surface area contributed by atoms with Crippen molar-refractivity contribution in [1.29, 1.82) is 0 Å². The fraction of sp³-hybridized carbons (Fsp3) is 0.556. The van der Waals surface area contributed by atoms with Gasteiger partial charge in [-0.1, -0.05) is 19.1 Å². The lowest BCUT2D eigenvalue weighted by molar-refractivity contribution is -0.159. The first-order chi connectivity index (χ1) is 11.9. The number of likely N-dealkylation sites (tertiary alicyclic amines) is 1. The molecular weight excluding hydrogens is 329 g/mol. The second kappa shape index (κ2) is 11.4. The first-order valence-corrected chi connectivity index (χ1v) is 8.46. The minimum atomic E-state index is -1.82. The lowest BCUT2D eigenvalue weighted by atomic mass is 10.0. The van der Waals surface area contributed by atoms with Gasteiger partial charge in [-0.05, 0) is 56.8 Å². The van der Waals surface area contributed by atoms with Crippen LogP contribution in [0.15, 0.2) is 24.3 Å². The van der Waals surface area contributed by atoms with Crippen LogP contribution >= 0.6 is 0 Å². The summed E-state index contributed by atoms with van der Waals surface area (Å²) in [6.45, 7) is 6.54. The molecule has 0 saturated carbocycles. The van der Waals surface area contributed by atoms with Crippen LogP contribution in [0.4, 0.5) is 4.39 Å². The van der Waals surface area contributed by atoms with Gasteiger partial charge in [-0.15, -0.1) is 0 Å².